The third-order valence-electron chi connectivity index (χ3n) is 2.58. The molecule has 2 atom stereocenters. The van der Waals surface area contributed by atoms with Crippen LogP contribution in [0.2, 0.25) is 0 Å². The van der Waals surface area contributed by atoms with E-state index in [2.05, 4.69) is 6.92 Å². The van der Waals surface area contributed by atoms with Gasteiger partial charge in [0.15, 0.2) is 0 Å². The minimum Gasteiger partial charge on any atom is -0.508 e. The average molecular weight is 194 g/mol. The van der Waals surface area contributed by atoms with Crippen LogP contribution < -0.4 is 0 Å². The number of aliphatic hydroxyl groups is 1. The first-order valence-electron chi connectivity index (χ1n) is 5.12. The van der Waals surface area contributed by atoms with Crippen molar-refractivity contribution >= 4 is 0 Å². The summed E-state index contributed by atoms with van der Waals surface area (Å²) in [6.07, 6.45) is 1.52. The molecule has 0 saturated heterocycles. The molecule has 2 N–H and O–H groups in total. The second-order valence-electron chi connectivity index (χ2n) is 3.74. The van der Waals surface area contributed by atoms with Crippen molar-refractivity contribution in [1.82, 2.24) is 0 Å². The third-order valence-corrected chi connectivity index (χ3v) is 2.58. The molecule has 0 aliphatic rings. The number of aliphatic hydroxyl groups excluding tert-OH is 1. The Hall–Kier alpha value is -1.02. The van der Waals surface area contributed by atoms with Gasteiger partial charge >= 0.3 is 0 Å². The van der Waals surface area contributed by atoms with Gasteiger partial charge in [-0.25, -0.2) is 0 Å². The van der Waals surface area contributed by atoms with E-state index >= 15 is 0 Å². The summed E-state index contributed by atoms with van der Waals surface area (Å²) in [5, 5.41) is 18.9. The maximum Gasteiger partial charge on any atom is 0.115 e. The topological polar surface area (TPSA) is 40.5 Å². The minimum absolute atomic E-state index is 0.135. The van der Waals surface area contributed by atoms with Crippen LogP contribution in [0.5, 0.6) is 5.75 Å². The molecule has 1 aromatic rings. The Kier molecular flexibility index (Phi) is 3.96. The van der Waals surface area contributed by atoms with Crippen LogP contribution in [0.3, 0.4) is 0 Å². The highest BCUT2D eigenvalue weighted by molar-refractivity contribution is 5.28. The lowest BCUT2D eigenvalue weighted by Gasteiger charge is -2.18. The van der Waals surface area contributed by atoms with Crippen LogP contribution in [0, 0.1) is 0 Å². The van der Waals surface area contributed by atoms with Crippen molar-refractivity contribution in [3.05, 3.63) is 29.8 Å². The number of phenolic OH excluding ortho intramolecular Hbond substituents is 1. The van der Waals surface area contributed by atoms with Crippen molar-refractivity contribution in [2.24, 2.45) is 0 Å². The SMILES string of the molecule is CCCC(O)C(C)c1ccc(O)cc1. The smallest absolute Gasteiger partial charge is 0.115 e. The molecule has 78 valence electrons. The summed E-state index contributed by atoms with van der Waals surface area (Å²) in [6, 6.07) is 7.03. The second-order valence-corrected chi connectivity index (χ2v) is 3.74. The molecule has 2 nitrogen and oxygen atoms in total. The van der Waals surface area contributed by atoms with Gasteiger partial charge in [-0.1, -0.05) is 32.4 Å². The minimum atomic E-state index is -0.287. The summed E-state index contributed by atoms with van der Waals surface area (Å²) in [4.78, 5) is 0. The largest absolute Gasteiger partial charge is 0.508 e. The van der Waals surface area contributed by atoms with E-state index in [0.29, 0.717) is 0 Å². The zero-order valence-corrected chi connectivity index (χ0v) is 8.77. The Balaban J connectivity index is 2.68. The van der Waals surface area contributed by atoms with Crippen molar-refractivity contribution in [3.8, 4) is 5.75 Å². The van der Waals surface area contributed by atoms with Crippen molar-refractivity contribution in [2.75, 3.05) is 0 Å². The standard InChI is InChI=1S/C12H18O2/c1-3-4-12(14)9(2)10-5-7-11(13)8-6-10/h5-9,12-14H,3-4H2,1-2H3. The fourth-order valence-electron chi connectivity index (χ4n) is 1.55. The lowest BCUT2D eigenvalue weighted by Crippen LogP contribution is -2.15. The molecular formula is C12H18O2. The molecule has 0 aromatic heterocycles. The molecular weight excluding hydrogens is 176 g/mol. The highest BCUT2D eigenvalue weighted by Gasteiger charge is 2.14. The van der Waals surface area contributed by atoms with Gasteiger partial charge in [-0.3, -0.25) is 0 Å². The molecule has 0 heterocycles. The first-order valence-corrected chi connectivity index (χ1v) is 5.12. The number of hydrogen-bond donors (Lipinski definition) is 2. The fourth-order valence-corrected chi connectivity index (χ4v) is 1.55. The maximum absolute atomic E-state index is 9.78. The van der Waals surface area contributed by atoms with E-state index in [1.807, 2.05) is 19.1 Å². The van der Waals surface area contributed by atoms with Gasteiger partial charge in [0.1, 0.15) is 5.75 Å². The van der Waals surface area contributed by atoms with Crippen LogP contribution >= 0.6 is 0 Å². The van der Waals surface area contributed by atoms with E-state index in [-0.39, 0.29) is 17.8 Å². The highest BCUT2D eigenvalue weighted by atomic mass is 16.3. The fraction of sp³-hybridized carbons (Fsp3) is 0.500. The van der Waals surface area contributed by atoms with Crippen LogP contribution in [0.25, 0.3) is 0 Å². The first kappa shape index (κ1) is 11.1. The van der Waals surface area contributed by atoms with Gasteiger partial charge in [-0.2, -0.15) is 0 Å². The first-order chi connectivity index (χ1) is 6.65. The Morgan fingerprint density at radius 3 is 2.29 bits per heavy atom. The zero-order valence-electron chi connectivity index (χ0n) is 8.77. The number of phenols is 1. The van der Waals surface area contributed by atoms with E-state index in [9.17, 15) is 5.11 Å². The summed E-state index contributed by atoms with van der Waals surface area (Å²) < 4.78 is 0. The molecule has 0 saturated carbocycles. The molecule has 1 aromatic carbocycles. The van der Waals surface area contributed by atoms with Gasteiger partial charge in [0.05, 0.1) is 6.10 Å². The van der Waals surface area contributed by atoms with Crippen molar-refractivity contribution in [3.63, 3.8) is 0 Å². The molecule has 14 heavy (non-hydrogen) atoms. The molecule has 0 amide bonds. The highest BCUT2D eigenvalue weighted by Crippen LogP contribution is 2.23. The van der Waals surface area contributed by atoms with Gasteiger partial charge in [0, 0.05) is 5.92 Å². The average Bonchev–Trinajstić information content (AvgIpc) is 2.18. The van der Waals surface area contributed by atoms with Crippen LogP contribution in [0.1, 0.15) is 38.2 Å². The Labute approximate surface area is 85.2 Å². The summed E-state index contributed by atoms with van der Waals surface area (Å²) in [5.41, 5.74) is 1.07. The summed E-state index contributed by atoms with van der Waals surface area (Å²) >= 11 is 0. The molecule has 2 unspecified atom stereocenters. The molecule has 0 fully saturated rings. The second kappa shape index (κ2) is 5.01. The molecule has 1 rings (SSSR count). The Bertz CT molecular complexity index is 266. The molecule has 0 radical (unpaired) electrons. The van der Waals surface area contributed by atoms with Crippen LogP contribution in [0.15, 0.2) is 24.3 Å². The quantitative estimate of drug-likeness (QED) is 0.773. The van der Waals surface area contributed by atoms with Crippen molar-refractivity contribution in [1.29, 1.82) is 0 Å². The van der Waals surface area contributed by atoms with E-state index in [0.717, 1.165) is 18.4 Å². The van der Waals surface area contributed by atoms with E-state index < -0.39 is 0 Å². The number of rotatable bonds is 4. The van der Waals surface area contributed by atoms with Gasteiger partial charge in [-0.05, 0) is 24.1 Å². The number of benzene rings is 1. The molecule has 0 aliphatic heterocycles. The van der Waals surface area contributed by atoms with Crippen molar-refractivity contribution in [2.45, 2.75) is 38.7 Å². The lowest BCUT2D eigenvalue weighted by molar-refractivity contribution is 0.138. The normalized spacial score (nSPS) is 15.1. The van der Waals surface area contributed by atoms with Crippen molar-refractivity contribution < 1.29 is 10.2 Å². The van der Waals surface area contributed by atoms with Crippen LogP contribution in [-0.4, -0.2) is 16.3 Å². The van der Waals surface area contributed by atoms with E-state index in [4.69, 9.17) is 5.11 Å². The summed E-state index contributed by atoms with van der Waals surface area (Å²) in [6.45, 7) is 4.07. The predicted octanol–water partition coefficient (Wildman–Crippen LogP) is 2.66. The van der Waals surface area contributed by atoms with Gasteiger partial charge in [-0.15, -0.1) is 0 Å². The van der Waals surface area contributed by atoms with E-state index in [1.54, 1.807) is 12.1 Å². The predicted molar refractivity (Wildman–Crippen MR) is 57.4 cm³/mol. The molecule has 0 aliphatic carbocycles. The molecule has 0 spiro atoms. The van der Waals surface area contributed by atoms with Gasteiger partial charge in [0.2, 0.25) is 0 Å². The van der Waals surface area contributed by atoms with Gasteiger partial charge in [0.25, 0.3) is 0 Å². The third kappa shape index (κ3) is 2.74. The van der Waals surface area contributed by atoms with Crippen LogP contribution in [0.4, 0.5) is 0 Å². The monoisotopic (exact) mass is 194 g/mol. The van der Waals surface area contributed by atoms with E-state index in [1.165, 1.54) is 0 Å². The number of hydrogen-bond acceptors (Lipinski definition) is 2. The summed E-state index contributed by atoms with van der Waals surface area (Å²) in [5.74, 6) is 0.404. The molecule has 2 heteroatoms. The molecule has 0 bridgehead atoms. The maximum atomic E-state index is 9.78. The van der Waals surface area contributed by atoms with Gasteiger partial charge < -0.3 is 10.2 Å². The zero-order chi connectivity index (χ0) is 10.6. The van der Waals surface area contributed by atoms with Crippen LogP contribution in [-0.2, 0) is 0 Å². The summed E-state index contributed by atoms with van der Waals surface area (Å²) in [7, 11) is 0. The Morgan fingerprint density at radius 1 is 1.21 bits per heavy atom. The number of aromatic hydroxyl groups is 1. The lowest BCUT2D eigenvalue weighted by atomic mass is 9.93. The Morgan fingerprint density at radius 2 is 1.79 bits per heavy atom.